The van der Waals surface area contributed by atoms with Crippen LogP contribution in [0.15, 0.2) is 43.0 Å². The van der Waals surface area contributed by atoms with E-state index in [9.17, 15) is 4.79 Å². The van der Waals surface area contributed by atoms with Gasteiger partial charge in [-0.2, -0.15) is 0 Å². The molecule has 1 aromatic rings. The Morgan fingerprint density at radius 3 is 2.53 bits per heavy atom. The van der Waals surface area contributed by atoms with Gasteiger partial charge in [-0.1, -0.05) is 36.4 Å². The van der Waals surface area contributed by atoms with Crippen LogP contribution in [-0.2, 0) is 11.3 Å². The summed E-state index contributed by atoms with van der Waals surface area (Å²) in [4.78, 5) is 9.82. The molecule has 17 heavy (non-hydrogen) atoms. The Morgan fingerprint density at radius 1 is 1.47 bits per heavy atom. The van der Waals surface area contributed by atoms with Crippen molar-refractivity contribution in [2.24, 2.45) is 5.73 Å². The van der Waals surface area contributed by atoms with Crippen molar-refractivity contribution < 1.29 is 9.53 Å². The molecular formula is C13H20N2O2. The number of nitrogens with one attached hydrogen (secondary N) is 1. The van der Waals surface area contributed by atoms with Gasteiger partial charge in [0.2, 0.25) is 0 Å². The Kier molecular flexibility index (Phi) is 9.56. The first-order valence-electron chi connectivity index (χ1n) is 5.46. The number of nitrogens with two attached hydrogens (primary N) is 1. The smallest absolute Gasteiger partial charge is 0.312 e. The van der Waals surface area contributed by atoms with Crippen LogP contribution in [0.1, 0.15) is 12.5 Å². The second-order valence-corrected chi connectivity index (χ2v) is 3.16. The number of carbonyl (C=O) groups is 1. The van der Waals surface area contributed by atoms with Crippen molar-refractivity contribution in [3.8, 4) is 0 Å². The molecule has 0 aliphatic rings. The fourth-order valence-electron chi connectivity index (χ4n) is 0.967. The zero-order chi connectivity index (χ0) is 12.9. The van der Waals surface area contributed by atoms with Crippen LogP contribution >= 0.6 is 0 Å². The summed E-state index contributed by atoms with van der Waals surface area (Å²) >= 11 is 0. The maximum absolute atomic E-state index is 9.82. The van der Waals surface area contributed by atoms with Crippen molar-refractivity contribution in [2.75, 3.05) is 13.2 Å². The predicted molar refractivity (Wildman–Crippen MR) is 69.6 cm³/mol. The minimum atomic E-state index is -0.514. The van der Waals surface area contributed by atoms with E-state index >= 15 is 0 Å². The second-order valence-electron chi connectivity index (χ2n) is 3.16. The molecule has 0 unspecified atom stereocenters. The molecule has 0 aliphatic heterocycles. The van der Waals surface area contributed by atoms with E-state index in [4.69, 9.17) is 4.74 Å². The van der Waals surface area contributed by atoms with Crippen LogP contribution in [-0.4, -0.2) is 19.2 Å². The molecule has 4 nitrogen and oxygen atoms in total. The van der Waals surface area contributed by atoms with E-state index in [-0.39, 0.29) is 0 Å². The first-order valence-corrected chi connectivity index (χ1v) is 5.46. The lowest BCUT2D eigenvalue weighted by molar-refractivity contribution is 0.134. The number of urea groups is 1. The number of ether oxygens (including phenoxy) is 1. The molecular weight excluding hydrogens is 216 g/mol. The highest BCUT2D eigenvalue weighted by atomic mass is 16.5. The summed E-state index contributed by atoms with van der Waals surface area (Å²) in [7, 11) is 0. The van der Waals surface area contributed by atoms with E-state index in [0.29, 0.717) is 6.54 Å². The van der Waals surface area contributed by atoms with Crippen molar-refractivity contribution in [3.05, 3.63) is 48.6 Å². The highest BCUT2D eigenvalue weighted by Crippen LogP contribution is 1.99. The normalized spacial score (nSPS) is 8.76. The molecule has 0 spiro atoms. The molecule has 0 atom stereocenters. The summed E-state index contributed by atoms with van der Waals surface area (Å²) in [5.74, 6) is 0. The topological polar surface area (TPSA) is 64.3 Å². The summed E-state index contributed by atoms with van der Waals surface area (Å²) in [6, 6.07) is 9.67. The lowest BCUT2D eigenvalue weighted by Gasteiger charge is -1.98. The molecule has 1 aromatic carbocycles. The largest absolute Gasteiger partial charge is 0.377 e. The molecule has 0 aromatic heterocycles. The van der Waals surface area contributed by atoms with Gasteiger partial charge in [0.15, 0.2) is 0 Å². The Bertz CT molecular complexity index is 312. The average molecular weight is 236 g/mol. The Balaban J connectivity index is 0.000000325. The zero-order valence-corrected chi connectivity index (χ0v) is 10.2. The lowest BCUT2D eigenvalue weighted by atomic mass is 10.2. The van der Waals surface area contributed by atoms with Crippen LogP contribution in [0.25, 0.3) is 0 Å². The number of carbonyl (C=O) groups excluding carboxylic acids is 1. The fourth-order valence-corrected chi connectivity index (χ4v) is 0.967. The van der Waals surface area contributed by atoms with Gasteiger partial charge in [0, 0.05) is 13.2 Å². The molecule has 0 bridgehead atoms. The summed E-state index contributed by atoms with van der Waals surface area (Å²) in [6.45, 7) is 7.33. The van der Waals surface area contributed by atoms with Gasteiger partial charge < -0.3 is 15.8 Å². The molecule has 0 saturated carbocycles. The first-order chi connectivity index (χ1) is 8.20. The van der Waals surface area contributed by atoms with Gasteiger partial charge in [0.25, 0.3) is 0 Å². The van der Waals surface area contributed by atoms with Crippen molar-refractivity contribution >= 4 is 6.03 Å². The van der Waals surface area contributed by atoms with E-state index in [2.05, 4.69) is 29.8 Å². The Morgan fingerprint density at radius 2 is 2.12 bits per heavy atom. The second kappa shape index (κ2) is 10.7. The van der Waals surface area contributed by atoms with E-state index in [0.717, 1.165) is 13.2 Å². The average Bonchev–Trinajstić information content (AvgIpc) is 2.36. The molecule has 1 rings (SSSR count). The van der Waals surface area contributed by atoms with Gasteiger partial charge in [-0.3, -0.25) is 0 Å². The van der Waals surface area contributed by atoms with Crippen LogP contribution in [0.4, 0.5) is 4.79 Å². The number of hydrogen-bond donors (Lipinski definition) is 2. The van der Waals surface area contributed by atoms with E-state index < -0.39 is 6.03 Å². The van der Waals surface area contributed by atoms with Crippen molar-refractivity contribution in [3.63, 3.8) is 0 Å². The molecule has 94 valence electrons. The number of benzene rings is 1. The minimum absolute atomic E-state index is 0.440. The zero-order valence-electron chi connectivity index (χ0n) is 10.2. The maximum Gasteiger partial charge on any atom is 0.312 e. The molecule has 0 fully saturated rings. The van der Waals surface area contributed by atoms with Gasteiger partial charge in [0.05, 0.1) is 6.61 Å². The molecule has 3 N–H and O–H groups in total. The van der Waals surface area contributed by atoms with Crippen LogP contribution in [0.3, 0.4) is 0 Å². The van der Waals surface area contributed by atoms with Crippen LogP contribution < -0.4 is 11.1 Å². The van der Waals surface area contributed by atoms with E-state index in [1.165, 1.54) is 5.56 Å². The molecule has 2 amide bonds. The maximum atomic E-state index is 9.82. The standard InChI is InChI=1S/C9H12O.C4H8N2O/c1-2-10-8-9-6-4-3-5-7-9;1-2-3-6-4(5)7/h3-7H,2,8H2,1H3;2H,1,3H2,(H3,5,6,7). The third-order valence-electron chi connectivity index (χ3n) is 1.74. The SMILES string of the molecule is C=CCNC(N)=O.CCOCc1ccccc1. The van der Waals surface area contributed by atoms with Crippen LogP contribution in [0.5, 0.6) is 0 Å². The van der Waals surface area contributed by atoms with Gasteiger partial charge >= 0.3 is 6.03 Å². The summed E-state index contributed by atoms with van der Waals surface area (Å²) in [5, 5.41) is 2.32. The third kappa shape index (κ3) is 10.5. The Labute approximate surface area is 102 Å². The summed E-state index contributed by atoms with van der Waals surface area (Å²) < 4.78 is 5.22. The number of amides is 2. The summed E-state index contributed by atoms with van der Waals surface area (Å²) in [5.41, 5.74) is 5.92. The van der Waals surface area contributed by atoms with Gasteiger partial charge in [-0.15, -0.1) is 6.58 Å². The molecule has 0 radical (unpaired) electrons. The minimum Gasteiger partial charge on any atom is -0.377 e. The molecule has 0 aliphatic carbocycles. The fraction of sp³-hybridized carbons (Fsp3) is 0.308. The van der Waals surface area contributed by atoms with Crippen molar-refractivity contribution in [1.82, 2.24) is 5.32 Å². The molecule has 4 heteroatoms. The highest BCUT2D eigenvalue weighted by Gasteiger charge is 1.86. The highest BCUT2D eigenvalue weighted by molar-refractivity contribution is 5.71. The monoisotopic (exact) mass is 236 g/mol. The predicted octanol–water partition coefficient (Wildman–Crippen LogP) is 2.06. The van der Waals surface area contributed by atoms with Crippen LogP contribution in [0.2, 0.25) is 0 Å². The van der Waals surface area contributed by atoms with Gasteiger partial charge in [-0.05, 0) is 12.5 Å². The third-order valence-corrected chi connectivity index (χ3v) is 1.74. The number of rotatable bonds is 5. The van der Waals surface area contributed by atoms with Crippen LogP contribution in [0, 0.1) is 0 Å². The number of hydrogen-bond acceptors (Lipinski definition) is 2. The lowest BCUT2D eigenvalue weighted by Crippen LogP contribution is -2.28. The van der Waals surface area contributed by atoms with E-state index in [1.54, 1.807) is 6.08 Å². The quantitative estimate of drug-likeness (QED) is 0.769. The van der Waals surface area contributed by atoms with E-state index in [1.807, 2.05) is 25.1 Å². The van der Waals surface area contributed by atoms with Crippen molar-refractivity contribution in [2.45, 2.75) is 13.5 Å². The van der Waals surface area contributed by atoms with Gasteiger partial charge in [-0.25, -0.2) is 4.79 Å². The van der Waals surface area contributed by atoms with Gasteiger partial charge in [0.1, 0.15) is 0 Å². The summed E-state index contributed by atoms with van der Waals surface area (Å²) in [6.07, 6.45) is 1.56. The number of primary amides is 1. The molecule has 0 saturated heterocycles. The first kappa shape index (κ1) is 15.2. The molecule has 0 heterocycles. The van der Waals surface area contributed by atoms with Crippen molar-refractivity contribution in [1.29, 1.82) is 0 Å². The Hall–Kier alpha value is -1.81.